The Balaban J connectivity index is 3.63. The van der Waals surface area contributed by atoms with Crippen molar-refractivity contribution in [3.8, 4) is 0 Å². The van der Waals surface area contributed by atoms with E-state index in [9.17, 15) is 19.8 Å². The molecule has 0 spiro atoms. The number of ether oxygens (including phenoxy) is 3. The number of carboxylic acid groups (broad SMARTS) is 1. The monoisotopic (exact) mass is 834 g/mol. The van der Waals surface area contributed by atoms with Crippen molar-refractivity contribution in [2.45, 2.75) is 148 Å². The highest BCUT2D eigenvalue weighted by Gasteiger charge is 2.17. The van der Waals surface area contributed by atoms with Crippen molar-refractivity contribution in [2.75, 3.05) is 47.5 Å². The van der Waals surface area contributed by atoms with Gasteiger partial charge in [0.15, 0.2) is 6.29 Å². The molecule has 0 aromatic heterocycles. The van der Waals surface area contributed by atoms with Crippen LogP contribution in [0.25, 0.3) is 0 Å². The van der Waals surface area contributed by atoms with E-state index in [0.717, 1.165) is 96.3 Å². The van der Waals surface area contributed by atoms with Gasteiger partial charge in [-0.05, 0) is 83.5 Å². The summed E-state index contributed by atoms with van der Waals surface area (Å²) in [5.74, 6) is -1.89. The lowest BCUT2D eigenvalue weighted by Crippen LogP contribution is -2.44. The Labute approximate surface area is 366 Å². The number of hydrogen-bond donors (Lipinski definition) is 1. The summed E-state index contributed by atoms with van der Waals surface area (Å²) in [5.41, 5.74) is 0. The van der Waals surface area contributed by atoms with Crippen LogP contribution in [-0.4, -0.2) is 81.4 Å². The Morgan fingerprint density at radius 1 is 0.517 bits per heavy atom. The first-order valence-electron chi connectivity index (χ1n) is 22.7. The molecule has 0 amide bonds. The molecule has 0 rings (SSSR count). The number of hydrogen-bond acceptors (Lipinski definition) is 7. The summed E-state index contributed by atoms with van der Waals surface area (Å²) in [4.78, 5) is 23.2. The van der Waals surface area contributed by atoms with E-state index >= 15 is 0 Å². The summed E-state index contributed by atoms with van der Waals surface area (Å²) in [6.45, 7) is 2.31. The van der Waals surface area contributed by atoms with Crippen LogP contribution in [0.3, 0.4) is 0 Å². The number of likely N-dealkylation sites (N-methyl/N-ethyl adjacent to an activating group) is 1. The maximum absolute atomic E-state index is 12.0. The number of aliphatic hydroxyl groups excluding tert-OH is 1. The summed E-state index contributed by atoms with van der Waals surface area (Å²) in [5, 5.41) is 21.2. The number of allylic oxidation sites excluding steroid dienone is 20. The topological polar surface area (TPSA) is 105 Å². The molecular formula is C52H83NO7. The Bertz CT molecular complexity index is 1330. The molecular weight excluding hydrogens is 751 g/mol. The first-order valence-corrected chi connectivity index (χ1v) is 22.7. The molecule has 0 heterocycles. The Morgan fingerprint density at radius 2 is 0.883 bits per heavy atom. The molecule has 2 unspecified atom stereocenters. The fraction of sp³-hybridized carbons (Fsp3) is 0.577. The molecule has 60 heavy (non-hydrogen) atoms. The third kappa shape index (κ3) is 45.3. The van der Waals surface area contributed by atoms with Crippen molar-refractivity contribution < 1.29 is 38.5 Å². The number of carboxylic acids is 1. The van der Waals surface area contributed by atoms with Crippen molar-refractivity contribution in [1.82, 2.24) is 0 Å². The van der Waals surface area contributed by atoms with Gasteiger partial charge >= 0.3 is 5.97 Å². The highest BCUT2D eigenvalue weighted by atomic mass is 16.7. The van der Waals surface area contributed by atoms with E-state index in [1.54, 1.807) is 0 Å². The lowest BCUT2D eigenvalue weighted by Gasteiger charge is -2.26. The Hall–Kier alpha value is -3.82. The zero-order valence-corrected chi connectivity index (χ0v) is 38.0. The van der Waals surface area contributed by atoms with Crippen LogP contribution >= 0.6 is 0 Å². The van der Waals surface area contributed by atoms with Gasteiger partial charge in [0, 0.05) is 6.42 Å². The third-order valence-electron chi connectivity index (χ3n) is 8.95. The first-order chi connectivity index (χ1) is 29.2. The van der Waals surface area contributed by atoms with E-state index in [1.807, 2.05) is 21.1 Å². The molecule has 0 aliphatic heterocycles. The summed E-state index contributed by atoms with van der Waals surface area (Å²) in [6.07, 6.45) is 62.3. The number of rotatable bonds is 40. The van der Waals surface area contributed by atoms with E-state index in [2.05, 4.69) is 128 Å². The SMILES string of the molecule is CC/C=C\C/C=C\C/C=C\C/C=C\C/C=C\C/C=C\C/C=C\C/C=C\C/C=C\C/C=C\CCCCCCCCCCC(=O)OCC(O)COC(OCC[N+](C)(C)C)C(=O)[O-]. The fourth-order valence-corrected chi connectivity index (χ4v) is 5.44. The molecule has 0 bridgehead atoms. The van der Waals surface area contributed by atoms with Gasteiger partial charge in [-0.3, -0.25) is 4.79 Å². The number of nitrogens with zero attached hydrogens (tertiary/aromatic N) is 1. The van der Waals surface area contributed by atoms with Crippen LogP contribution in [0.5, 0.6) is 0 Å². The van der Waals surface area contributed by atoms with Gasteiger partial charge in [0.1, 0.15) is 19.3 Å². The molecule has 8 heteroatoms. The summed E-state index contributed by atoms with van der Waals surface area (Å²) >= 11 is 0. The van der Waals surface area contributed by atoms with Crippen LogP contribution in [0, 0.1) is 0 Å². The van der Waals surface area contributed by atoms with E-state index in [-0.39, 0.29) is 25.8 Å². The van der Waals surface area contributed by atoms with Gasteiger partial charge in [-0.2, -0.15) is 0 Å². The third-order valence-corrected chi connectivity index (χ3v) is 8.95. The average Bonchev–Trinajstić information content (AvgIpc) is 3.21. The Kier molecular flexibility index (Phi) is 40.5. The first kappa shape index (κ1) is 56.2. The second-order valence-electron chi connectivity index (χ2n) is 15.8. The van der Waals surface area contributed by atoms with Crippen LogP contribution in [0.15, 0.2) is 122 Å². The average molecular weight is 834 g/mol. The quantitative estimate of drug-likeness (QED) is 0.0215. The standard InChI is InChI=1S/C52H83NO7/c1-5-6-7-8-9-10-11-12-13-14-15-16-17-18-19-20-21-22-23-24-25-26-27-28-29-30-31-32-33-34-35-36-37-38-39-40-41-42-43-44-50(55)59-47-49(54)48-60-52(51(56)57)58-46-45-53(2,3)4/h6-7,9-10,12-13,15-16,18-19,21-22,24-25,27-28,30-31,33-34,49,52,54H,5,8,11,14,17,20,23,26,29,32,35-48H2,1-4H3/b7-6-,10-9-,13-12-,16-15-,19-18-,22-21-,25-24-,28-27-,31-30-,34-33-. The number of carbonyl (C=O) groups is 2. The zero-order chi connectivity index (χ0) is 44.0. The van der Waals surface area contributed by atoms with Crippen LogP contribution in [0.1, 0.15) is 135 Å². The number of carbonyl (C=O) groups excluding carboxylic acids is 2. The van der Waals surface area contributed by atoms with E-state index < -0.39 is 18.4 Å². The largest absolute Gasteiger partial charge is 0.545 e. The number of unbranched alkanes of at least 4 members (excludes halogenated alkanes) is 8. The van der Waals surface area contributed by atoms with Crippen LogP contribution in [0.4, 0.5) is 0 Å². The van der Waals surface area contributed by atoms with Crippen molar-refractivity contribution in [1.29, 1.82) is 0 Å². The second kappa shape index (κ2) is 43.3. The highest BCUT2D eigenvalue weighted by Crippen LogP contribution is 2.12. The van der Waals surface area contributed by atoms with E-state index in [0.29, 0.717) is 17.4 Å². The smallest absolute Gasteiger partial charge is 0.305 e. The molecule has 2 atom stereocenters. The molecule has 0 radical (unpaired) electrons. The van der Waals surface area contributed by atoms with Crippen LogP contribution < -0.4 is 5.11 Å². The second-order valence-corrected chi connectivity index (χ2v) is 15.8. The van der Waals surface area contributed by atoms with Gasteiger partial charge in [0.05, 0.1) is 40.3 Å². The molecule has 8 nitrogen and oxygen atoms in total. The summed E-state index contributed by atoms with van der Waals surface area (Å²) < 4.78 is 16.0. The minimum Gasteiger partial charge on any atom is -0.545 e. The van der Waals surface area contributed by atoms with Gasteiger partial charge < -0.3 is 33.7 Å². The van der Waals surface area contributed by atoms with Gasteiger partial charge in [-0.1, -0.05) is 167 Å². The minimum absolute atomic E-state index is 0.163. The van der Waals surface area contributed by atoms with Crippen molar-refractivity contribution in [2.24, 2.45) is 0 Å². The molecule has 0 aliphatic carbocycles. The highest BCUT2D eigenvalue weighted by molar-refractivity contribution is 5.69. The van der Waals surface area contributed by atoms with Crippen molar-refractivity contribution in [3.05, 3.63) is 122 Å². The molecule has 0 aromatic carbocycles. The number of aliphatic carboxylic acids is 1. The van der Waals surface area contributed by atoms with E-state index in [4.69, 9.17) is 14.2 Å². The summed E-state index contributed by atoms with van der Waals surface area (Å²) in [7, 11) is 5.86. The molecule has 0 saturated carbocycles. The van der Waals surface area contributed by atoms with Gasteiger partial charge in [-0.15, -0.1) is 0 Å². The van der Waals surface area contributed by atoms with Gasteiger partial charge in [-0.25, -0.2) is 0 Å². The maximum atomic E-state index is 12.0. The minimum atomic E-state index is -1.58. The molecule has 1 N–H and O–H groups in total. The zero-order valence-electron chi connectivity index (χ0n) is 38.0. The molecule has 0 fully saturated rings. The summed E-state index contributed by atoms with van der Waals surface area (Å²) in [6, 6.07) is 0. The predicted molar refractivity (Wildman–Crippen MR) is 250 cm³/mol. The number of esters is 1. The molecule has 0 aliphatic rings. The molecule has 0 saturated heterocycles. The van der Waals surface area contributed by atoms with Crippen molar-refractivity contribution in [3.63, 3.8) is 0 Å². The van der Waals surface area contributed by atoms with E-state index in [1.165, 1.54) is 25.7 Å². The number of quaternary nitrogens is 1. The van der Waals surface area contributed by atoms with Crippen molar-refractivity contribution >= 4 is 11.9 Å². The maximum Gasteiger partial charge on any atom is 0.305 e. The van der Waals surface area contributed by atoms with Gasteiger partial charge in [0.2, 0.25) is 0 Å². The van der Waals surface area contributed by atoms with Crippen LogP contribution in [-0.2, 0) is 23.8 Å². The lowest BCUT2D eigenvalue weighted by atomic mass is 10.1. The fourth-order valence-electron chi connectivity index (χ4n) is 5.44. The predicted octanol–water partition coefficient (Wildman–Crippen LogP) is 11.1. The van der Waals surface area contributed by atoms with Gasteiger partial charge in [0.25, 0.3) is 0 Å². The Morgan fingerprint density at radius 3 is 1.27 bits per heavy atom. The molecule has 0 aromatic rings. The lowest BCUT2D eigenvalue weighted by molar-refractivity contribution is -0.870. The van der Waals surface area contributed by atoms with Crippen LogP contribution in [0.2, 0.25) is 0 Å². The molecule has 338 valence electrons. The number of aliphatic hydroxyl groups is 1. The normalized spacial score (nSPS) is 14.2.